The summed E-state index contributed by atoms with van der Waals surface area (Å²) >= 11 is 0. The monoisotopic (exact) mass is 312 g/mol. The Kier molecular flexibility index (Phi) is 6.04. The molecular formula is C17H22F2O3. The van der Waals surface area contributed by atoms with Gasteiger partial charge in [-0.25, -0.2) is 0 Å². The molecule has 2 rings (SSSR count). The Labute approximate surface area is 129 Å². The van der Waals surface area contributed by atoms with Gasteiger partial charge >= 0.3 is 0 Å². The minimum atomic E-state index is -1.02. The lowest BCUT2D eigenvalue weighted by Gasteiger charge is -2.23. The molecule has 0 saturated carbocycles. The fourth-order valence-electron chi connectivity index (χ4n) is 2.37. The molecule has 1 aromatic carbocycles. The SMILES string of the molecule is CCCC1=COC(COc2ccc(OCC)c(F)c2F)CC1. The molecule has 0 bridgehead atoms. The molecule has 0 radical (unpaired) electrons. The van der Waals surface area contributed by atoms with Crippen molar-refractivity contribution in [1.29, 1.82) is 0 Å². The van der Waals surface area contributed by atoms with E-state index in [1.807, 2.05) is 0 Å². The standard InChI is InChI=1S/C17H22F2O3/c1-3-5-12-6-7-13(21-10-12)11-22-15-9-8-14(20-4-2)16(18)17(15)19/h8-10,13H,3-7,11H2,1-2H3. The molecule has 1 unspecified atom stereocenters. The van der Waals surface area contributed by atoms with Gasteiger partial charge in [-0.2, -0.15) is 8.78 Å². The molecule has 1 aromatic rings. The fourth-order valence-corrected chi connectivity index (χ4v) is 2.37. The Morgan fingerprint density at radius 3 is 2.36 bits per heavy atom. The van der Waals surface area contributed by atoms with E-state index < -0.39 is 11.6 Å². The molecule has 0 saturated heterocycles. The highest BCUT2D eigenvalue weighted by atomic mass is 19.2. The van der Waals surface area contributed by atoms with Crippen LogP contribution in [-0.2, 0) is 4.74 Å². The van der Waals surface area contributed by atoms with Crippen LogP contribution in [0, 0.1) is 11.6 Å². The van der Waals surface area contributed by atoms with Gasteiger partial charge in [0.25, 0.3) is 0 Å². The van der Waals surface area contributed by atoms with E-state index in [4.69, 9.17) is 14.2 Å². The average molecular weight is 312 g/mol. The fraction of sp³-hybridized carbons (Fsp3) is 0.529. The van der Waals surface area contributed by atoms with Crippen molar-refractivity contribution >= 4 is 0 Å². The lowest BCUT2D eigenvalue weighted by molar-refractivity contribution is 0.0673. The van der Waals surface area contributed by atoms with Crippen molar-refractivity contribution in [3.63, 3.8) is 0 Å². The summed E-state index contributed by atoms with van der Waals surface area (Å²) in [6, 6.07) is 2.75. The van der Waals surface area contributed by atoms with Gasteiger partial charge in [0.1, 0.15) is 12.7 Å². The molecule has 5 heteroatoms. The molecule has 1 atom stereocenters. The largest absolute Gasteiger partial charge is 0.495 e. The zero-order valence-corrected chi connectivity index (χ0v) is 13.0. The number of hydrogen-bond acceptors (Lipinski definition) is 3. The van der Waals surface area contributed by atoms with E-state index in [1.54, 1.807) is 13.2 Å². The minimum absolute atomic E-state index is 0.103. The summed E-state index contributed by atoms with van der Waals surface area (Å²) in [5, 5.41) is 0. The minimum Gasteiger partial charge on any atom is -0.495 e. The first-order valence-corrected chi connectivity index (χ1v) is 7.72. The van der Waals surface area contributed by atoms with E-state index in [2.05, 4.69) is 6.92 Å². The van der Waals surface area contributed by atoms with Gasteiger partial charge in [-0.05, 0) is 43.9 Å². The third-order valence-electron chi connectivity index (χ3n) is 3.52. The third kappa shape index (κ3) is 4.12. The molecule has 22 heavy (non-hydrogen) atoms. The van der Waals surface area contributed by atoms with Crippen LogP contribution in [0.1, 0.15) is 39.5 Å². The van der Waals surface area contributed by atoms with Crippen molar-refractivity contribution in [2.75, 3.05) is 13.2 Å². The van der Waals surface area contributed by atoms with Gasteiger partial charge in [-0.15, -0.1) is 0 Å². The predicted octanol–water partition coefficient (Wildman–Crippen LogP) is 4.61. The Morgan fingerprint density at radius 1 is 1.14 bits per heavy atom. The maximum Gasteiger partial charge on any atom is 0.204 e. The zero-order valence-electron chi connectivity index (χ0n) is 13.0. The Morgan fingerprint density at radius 2 is 1.82 bits per heavy atom. The highest BCUT2D eigenvalue weighted by Gasteiger charge is 2.19. The van der Waals surface area contributed by atoms with Crippen LogP contribution < -0.4 is 9.47 Å². The summed E-state index contributed by atoms with van der Waals surface area (Å²) in [6.45, 7) is 4.31. The molecular weight excluding hydrogens is 290 g/mol. The van der Waals surface area contributed by atoms with E-state index in [0.29, 0.717) is 0 Å². The Balaban J connectivity index is 1.91. The number of ether oxygens (including phenoxy) is 3. The van der Waals surface area contributed by atoms with Gasteiger partial charge in [0.2, 0.25) is 11.6 Å². The Bertz CT molecular complexity index is 529. The number of allylic oxidation sites excluding steroid dienone is 1. The molecule has 122 valence electrons. The average Bonchev–Trinajstić information content (AvgIpc) is 2.53. The number of hydrogen-bond donors (Lipinski definition) is 0. The van der Waals surface area contributed by atoms with Crippen molar-refractivity contribution in [3.05, 3.63) is 35.6 Å². The van der Waals surface area contributed by atoms with Crippen molar-refractivity contribution < 1.29 is 23.0 Å². The summed E-state index contributed by atoms with van der Waals surface area (Å²) in [4.78, 5) is 0. The molecule has 3 nitrogen and oxygen atoms in total. The van der Waals surface area contributed by atoms with Crippen LogP contribution in [0.4, 0.5) is 8.78 Å². The van der Waals surface area contributed by atoms with Crippen LogP contribution in [0.5, 0.6) is 11.5 Å². The number of benzene rings is 1. The van der Waals surface area contributed by atoms with Crippen molar-refractivity contribution in [3.8, 4) is 11.5 Å². The van der Waals surface area contributed by atoms with Crippen LogP contribution in [0.15, 0.2) is 24.0 Å². The van der Waals surface area contributed by atoms with Gasteiger partial charge in [-0.1, -0.05) is 13.3 Å². The van der Waals surface area contributed by atoms with Crippen LogP contribution in [0.2, 0.25) is 0 Å². The second-order valence-electron chi connectivity index (χ2n) is 5.26. The molecule has 1 aliphatic rings. The van der Waals surface area contributed by atoms with Crippen LogP contribution in [0.3, 0.4) is 0 Å². The molecule has 0 fully saturated rings. The molecule has 0 aliphatic carbocycles. The zero-order chi connectivity index (χ0) is 15.9. The maximum atomic E-state index is 13.9. The van der Waals surface area contributed by atoms with Gasteiger partial charge in [0.15, 0.2) is 11.5 Å². The molecule has 1 aliphatic heterocycles. The number of halogens is 2. The van der Waals surface area contributed by atoms with Crippen molar-refractivity contribution in [1.82, 2.24) is 0 Å². The van der Waals surface area contributed by atoms with E-state index >= 15 is 0 Å². The first-order valence-electron chi connectivity index (χ1n) is 7.72. The lowest BCUT2D eigenvalue weighted by Crippen LogP contribution is -2.23. The normalized spacial score (nSPS) is 17.6. The number of rotatable bonds is 7. The molecule has 0 aromatic heterocycles. The quantitative estimate of drug-likeness (QED) is 0.736. The molecule has 1 heterocycles. The first kappa shape index (κ1) is 16.6. The highest BCUT2D eigenvalue weighted by molar-refractivity contribution is 5.35. The summed E-state index contributed by atoms with van der Waals surface area (Å²) in [5.74, 6) is -2.26. The summed E-state index contributed by atoms with van der Waals surface area (Å²) in [5.41, 5.74) is 1.29. The summed E-state index contributed by atoms with van der Waals surface area (Å²) < 4.78 is 43.5. The van der Waals surface area contributed by atoms with E-state index in [-0.39, 0.29) is 30.8 Å². The molecule has 0 N–H and O–H groups in total. The van der Waals surface area contributed by atoms with E-state index in [1.165, 1.54) is 17.7 Å². The maximum absolute atomic E-state index is 13.9. The topological polar surface area (TPSA) is 27.7 Å². The first-order chi connectivity index (χ1) is 10.7. The van der Waals surface area contributed by atoms with Crippen molar-refractivity contribution in [2.24, 2.45) is 0 Å². The second kappa shape index (κ2) is 8.01. The molecule has 0 spiro atoms. The van der Waals surface area contributed by atoms with Crippen LogP contribution >= 0.6 is 0 Å². The highest BCUT2D eigenvalue weighted by Crippen LogP contribution is 2.28. The van der Waals surface area contributed by atoms with E-state index in [0.717, 1.165) is 25.7 Å². The van der Waals surface area contributed by atoms with Crippen molar-refractivity contribution in [2.45, 2.75) is 45.6 Å². The lowest BCUT2D eigenvalue weighted by atomic mass is 10.0. The summed E-state index contributed by atoms with van der Waals surface area (Å²) in [7, 11) is 0. The van der Waals surface area contributed by atoms with E-state index in [9.17, 15) is 8.78 Å². The van der Waals surface area contributed by atoms with Crippen LogP contribution in [0.25, 0.3) is 0 Å². The van der Waals surface area contributed by atoms with Crippen LogP contribution in [-0.4, -0.2) is 19.3 Å². The smallest absolute Gasteiger partial charge is 0.204 e. The van der Waals surface area contributed by atoms with Gasteiger partial charge in [0, 0.05) is 0 Å². The van der Waals surface area contributed by atoms with Gasteiger partial charge in [0.05, 0.1) is 12.9 Å². The summed E-state index contributed by atoms with van der Waals surface area (Å²) in [6.07, 6.45) is 5.55. The second-order valence-corrected chi connectivity index (χ2v) is 5.26. The van der Waals surface area contributed by atoms with Gasteiger partial charge in [-0.3, -0.25) is 0 Å². The molecule has 0 amide bonds. The van der Waals surface area contributed by atoms with Gasteiger partial charge < -0.3 is 14.2 Å². The predicted molar refractivity (Wildman–Crippen MR) is 80.1 cm³/mol. The Hall–Kier alpha value is -1.78. The third-order valence-corrected chi connectivity index (χ3v) is 3.52.